The number of benzene rings is 2. The van der Waals surface area contributed by atoms with E-state index in [0.717, 1.165) is 28.5 Å². The van der Waals surface area contributed by atoms with Gasteiger partial charge in [0.15, 0.2) is 0 Å². The van der Waals surface area contributed by atoms with Crippen molar-refractivity contribution in [3.8, 4) is 0 Å². The molecule has 3 aromatic rings. The minimum Gasteiger partial charge on any atom is -0.464 e. The molecule has 3 N–H and O–H groups in total. The van der Waals surface area contributed by atoms with E-state index in [9.17, 15) is 5.11 Å². The Balaban J connectivity index is 1.93. The van der Waals surface area contributed by atoms with Gasteiger partial charge in [-0.15, -0.1) is 0 Å². The second-order valence-corrected chi connectivity index (χ2v) is 4.87. The van der Waals surface area contributed by atoms with E-state index >= 15 is 0 Å². The van der Waals surface area contributed by atoms with Crippen molar-refractivity contribution in [1.82, 2.24) is 0 Å². The maximum absolute atomic E-state index is 10.5. The monoisotopic (exact) mass is 267 g/mol. The van der Waals surface area contributed by atoms with E-state index in [-0.39, 0.29) is 0 Å². The molecule has 3 heteroatoms. The average Bonchev–Trinajstić information content (AvgIpc) is 2.92. The first-order valence-electron chi connectivity index (χ1n) is 6.72. The van der Waals surface area contributed by atoms with E-state index in [1.54, 1.807) is 6.26 Å². The number of hydrogen-bond acceptors (Lipinski definition) is 3. The van der Waals surface area contributed by atoms with E-state index in [2.05, 4.69) is 0 Å². The Kier molecular flexibility index (Phi) is 3.54. The Morgan fingerprint density at radius 2 is 1.80 bits per heavy atom. The Hall–Kier alpha value is -2.10. The summed E-state index contributed by atoms with van der Waals surface area (Å²) in [6, 6.07) is 15.6. The molecule has 102 valence electrons. The molecule has 1 aromatic heterocycles. The van der Waals surface area contributed by atoms with Gasteiger partial charge in [-0.25, -0.2) is 0 Å². The fourth-order valence-corrected chi connectivity index (χ4v) is 2.42. The molecule has 2 aromatic carbocycles. The van der Waals surface area contributed by atoms with Crippen LogP contribution in [-0.4, -0.2) is 11.7 Å². The number of nitrogens with two attached hydrogens (primary N) is 1. The minimum absolute atomic E-state index is 0.633. The molecule has 0 saturated heterocycles. The van der Waals surface area contributed by atoms with Crippen LogP contribution in [0.3, 0.4) is 0 Å². The number of hydrogen-bond donors (Lipinski definition) is 2. The molecule has 0 amide bonds. The van der Waals surface area contributed by atoms with Gasteiger partial charge in [-0.2, -0.15) is 0 Å². The van der Waals surface area contributed by atoms with Crippen molar-refractivity contribution < 1.29 is 9.52 Å². The van der Waals surface area contributed by atoms with E-state index in [0.29, 0.717) is 6.54 Å². The average molecular weight is 267 g/mol. The highest BCUT2D eigenvalue weighted by atomic mass is 16.3. The molecular formula is C17H17NO2. The van der Waals surface area contributed by atoms with Crippen molar-refractivity contribution in [2.75, 3.05) is 6.54 Å². The predicted molar refractivity (Wildman–Crippen MR) is 79.5 cm³/mol. The van der Waals surface area contributed by atoms with Gasteiger partial charge < -0.3 is 15.3 Å². The van der Waals surface area contributed by atoms with Crippen molar-refractivity contribution >= 4 is 11.0 Å². The molecule has 0 aliphatic carbocycles. The topological polar surface area (TPSA) is 59.4 Å². The van der Waals surface area contributed by atoms with E-state index in [4.69, 9.17) is 10.2 Å². The first-order valence-corrected chi connectivity index (χ1v) is 6.72. The largest absolute Gasteiger partial charge is 0.464 e. The van der Waals surface area contributed by atoms with Gasteiger partial charge in [0.2, 0.25) is 0 Å². The highest BCUT2D eigenvalue weighted by molar-refractivity contribution is 5.81. The van der Waals surface area contributed by atoms with E-state index < -0.39 is 6.10 Å². The zero-order valence-corrected chi connectivity index (χ0v) is 11.1. The number of rotatable bonds is 4. The van der Waals surface area contributed by atoms with E-state index in [1.165, 1.54) is 5.56 Å². The highest BCUT2D eigenvalue weighted by Crippen LogP contribution is 2.30. The first kappa shape index (κ1) is 12.9. The zero-order chi connectivity index (χ0) is 13.9. The Morgan fingerprint density at radius 1 is 1.05 bits per heavy atom. The summed E-state index contributed by atoms with van der Waals surface area (Å²) >= 11 is 0. The van der Waals surface area contributed by atoms with Crippen LogP contribution >= 0.6 is 0 Å². The van der Waals surface area contributed by atoms with Gasteiger partial charge in [0.1, 0.15) is 11.7 Å². The second kappa shape index (κ2) is 5.49. The molecule has 1 atom stereocenters. The van der Waals surface area contributed by atoms with Crippen LogP contribution in [0.15, 0.2) is 59.2 Å². The molecule has 3 nitrogen and oxygen atoms in total. The van der Waals surface area contributed by atoms with Gasteiger partial charge in [-0.3, -0.25) is 0 Å². The molecule has 0 spiro atoms. The molecule has 20 heavy (non-hydrogen) atoms. The Morgan fingerprint density at radius 3 is 2.55 bits per heavy atom. The first-order chi connectivity index (χ1) is 9.79. The van der Waals surface area contributed by atoms with E-state index in [1.807, 2.05) is 48.5 Å². The molecule has 0 bridgehead atoms. The van der Waals surface area contributed by atoms with Gasteiger partial charge in [-0.05, 0) is 30.2 Å². The summed E-state index contributed by atoms with van der Waals surface area (Å²) < 4.78 is 5.48. The number of aliphatic hydroxyl groups excluding tert-OH is 1. The van der Waals surface area contributed by atoms with Crippen LogP contribution in [0.4, 0.5) is 0 Å². The fraction of sp³-hybridized carbons (Fsp3) is 0.176. The predicted octanol–water partition coefficient (Wildman–Crippen LogP) is 3.02. The van der Waals surface area contributed by atoms with Crippen LogP contribution in [0, 0.1) is 0 Å². The lowest BCUT2D eigenvalue weighted by molar-refractivity contribution is 0.220. The third kappa shape index (κ3) is 2.33. The number of para-hydroxylation sites is 1. The minimum atomic E-state index is -0.675. The highest BCUT2D eigenvalue weighted by Gasteiger charge is 2.16. The molecular weight excluding hydrogens is 250 g/mol. The van der Waals surface area contributed by atoms with Gasteiger partial charge in [0.05, 0.1) is 6.26 Å². The molecule has 3 rings (SSSR count). The van der Waals surface area contributed by atoms with Crippen LogP contribution in [0.2, 0.25) is 0 Å². The normalized spacial score (nSPS) is 12.7. The molecule has 1 unspecified atom stereocenters. The molecule has 1 heterocycles. The summed E-state index contributed by atoms with van der Waals surface area (Å²) in [5.41, 5.74) is 9.17. The van der Waals surface area contributed by atoms with Crippen molar-refractivity contribution in [3.63, 3.8) is 0 Å². The third-order valence-electron chi connectivity index (χ3n) is 3.53. The SMILES string of the molecule is NCCc1ccc(C(O)c2coc3ccccc23)cc1. The summed E-state index contributed by atoms with van der Waals surface area (Å²) in [4.78, 5) is 0. The van der Waals surface area contributed by atoms with Crippen molar-refractivity contribution in [1.29, 1.82) is 0 Å². The van der Waals surface area contributed by atoms with Crippen LogP contribution in [0.5, 0.6) is 0 Å². The molecule has 0 radical (unpaired) electrons. The van der Waals surface area contributed by atoms with Crippen LogP contribution in [0.25, 0.3) is 11.0 Å². The number of aliphatic hydroxyl groups is 1. The molecule has 0 saturated carbocycles. The summed E-state index contributed by atoms with van der Waals surface area (Å²) in [6.45, 7) is 0.633. The Bertz CT molecular complexity index is 700. The quantitative estimate of drug-likeness (QED) is 0.764. The molecule has 0 aliphatic heterocycles. The summed E-state index contributed by atoms with van der Waals surface area (Å²) in [7, 11) is 0. The standard InChI is InChI=1S/C17H17NO2/c18-10-9-12-5-7-13(8-6-12)17(19)15-11-20-16-4-2-1-3-14(15)16/h1-8,11,17,19H,9-10,18H2. The summed E-state index contributed by atoms with van der Waals surface area (Å²) in [5.74, 6) is 0. The fourth-order valence-electron chi connectivity index (χ4n) is 2.42. The lowest BCUT2D eigenvalue weighted by Gasteiger charge is -2.10. The van der Waals surface area contributed by atoms with Crippen LogP contribution in [0.1, 0.15) is 22.8 Å². The summed E-state index contributed by atoms with van der Waals surface area (Å²) in [6.07, 6.45) is 1.80. The molecule has 0 fully saturated rings. The number of fused-ring (bicyclic) bond motifs is 1. The van der Waals surface area contributed by atoms with Gasteiger partial charge >= 0.3 is 0 Å². The Labute approximate surface area is 117 Å². The van der Waals surface area contributed by atoms with Gasteiger partial charge in [0, 0.05) is 10.9 Å². The second-order valence-electron chi connectivity index (χ2n) is 4.87. The summed E-state index contributed by atoms with van der Waals surface area (Å²) in [5, 5.41) is 11.5. The lowest BCUT2D eigenvalue weighted by Crippen LogP contribution is -2.03. The smallest absolute Gasteiger partial charge is 0.134 e. The van der Waals surface area contributed by atoms with Crippen LogP contribution < -0.4 is 5.73 Å². The molecule has 0 aliphatic rings. The van der Waals surface area contributed by atoms with Gasteiger partial charge in [-0.1, -0.05) is 42.5 Å². The number of furan rings is 1. The van der Waals surface area contributed by atoms with Gasteiger partial charge in [0.25, 0.3) is 0 Å². The third-order valence-corrected chi connectivity index (χ3v) is 3.53. The zero-order valence-electron chi connectivity index (χ0n) is 11.1. The van der Waals surface area contributed by atoms with Crippen molar-refractivity contribution in [3.05, 3.63) is 71.5 Å². The van der Waals surface area contributed by atoms with Crippen molar-refractivity contribution in [2.45, 2.75) is 12.5 Å². The maximum atomic E-state index is 10.5. The lowest BCUT2D eigenvalue weighted by atomic mass is 9.99. The van der Waals surface area contributed by atoms with Crippen LogP contribution in [-0.2, 0) is 6.42 Å². The maximum Gasteiger partial charge on any atom is 0.134 e. The van der Waals surface area contributed by atoms with Crippen molar-refractivity contribution in [2.24, 2.45) is 5.73 Å².